The van der Waals surface area contributed by atoms with Gasteiger partial charge in [-0.05, 0) is 40.2 Å². The molecule has 21 heavy (non-hydrogen) atoms. The minimum Gasteiger partial charge on any atom is -0.478 e. The summed E-state index contributed by atoms with van der Waals surface area (Å²) in [5.74, 6) is -2.39. The van der Waals surface area contributed by atoms with Crippen LogP contribution in [0.2, 0.25) is 0 Å². The van der Waals surface area contributed by atoms with Gasteiger partial charge in [0.1, 0.15) is 5.82 Å². The molecule has 0 heterocycles. The van der Waals surface area contributed by atoms with Crippen molar-refractivity contribution in [2.75, 3.05) is 0 Å². The largest absolute Gasteiger partial charge is 0.478 e. The minimum absolute atomic E-state index is 0.0325. The normalized spacial score (nSPS) is 11.3. The van der Waals surface area contributed by atoms with Crippen molar-refractivity contribution >= 4 is 31.7 Å². The van der Waals surface area contributed by atoms with Gasteiger partial charge in [0.15, 0.2) is 9.84 Å². The van der Waals surface area contributed by atoms with Crippen molar-refractivity contribution in [2.45, 2.75) is 10.6 Å². The number of carboxylic acids is 1. The second-order valence-electron chi connectivity index (χ2n) is 4.30. The van der Waals surface area contributed by atoms with Gasteiger partial charge in [-0.15, -0.1) is 0 Å². The molecule has 7 heteroatoms. The first kappa shape index (κ1) is 15.7. The summed E-state index contributed by atoms with van der Waals surface area (Å²) < 4.78 is 38.5. The monoisotopic (exact) mass is 372 g/mol. The molecular formula is C14H10BrFO4S. The Morgan fingerprint density at radius 1 is 1.19 bits per heavy atom. The van der Waals surface area contributed by atoms with E-state index in [-0.39, 0.29) is 20.5 Å². The molecule has 1 N–H and O–H groups in total. The second-order valence-corrected chi connectivity index (χ2v) is 7.11. The standard InChI is InChI=1S/C14H10BrFO4S/c15-11-6-5-9(14(17)18)7-13(11)21(19,20)8-10-3-1-2-4-12(10)16/h1-7H,8H2,(H,17,18). The van der Waals surface area contributed by atoms with Gasteiger partial charge in [-0.25, -0.2) is 17.6 Å². The average molecular weight is 373 g/mol. The Morgan fingerprint density at radius 3 is 2.48 bits per heavy atom. The van der Waals surface area contributed by atoms with Crippen molar-refractivity contribution in [3.63, 3.8) is 0 Å². The van der Waals surface area contributed by atoms with E-state index in [9.17, 15) is 17.6 Å². The van der Waals surface area contributed by atoms with E-state index in [0.717, 1.165) is 6.07 Å². The van der Waals surface area contributed by atoms with Crippen LogP contribution >= 0.6 is 15.9 Å². The lowest BCUT2D eigenvalue weighted by molar-refractivity contribution is 0.0696. The smallest absolute Gasteiger partial charge is 0.335 e. The number of aromatic carboxylic acids is 1. The molecule has 0 aliphatic rings. The van der Waals surface area contributed by atoms with Crippen LogP contribution in [0.5, 0.6) is 0 Å². The maximum absolute atomic E-state index is 13.6. The molecule has 0 aliphatic carbocycles. The van der Waals surface area contributed by atoms with Gasteiger partial charge >= 0.3 is 5.97 Å². The predicted octanol–water partition coefficient (Wildman–Crippen LogP) is 3.26. The van der Waals surface area contributed by atoms with Crippen molar-refractivity contribution in [3.05, 3.63) is 63.9 Å². The van der Waals surface area contributed by atoms with E-state index in [1.165, 1.54) is 36.4 Å². The molecule has 0 radical (unpaired) electrons. The number of halogens is 2. The molecule has 0 aliphatic heterocycles. The van der Waals surface area contributed by atoms with Crippen LogP contribution in [-0.4, -0.2) is 19.5 Å². The molecule has 2 aromatic rings. The maximum atomic E-state index is 13.6. The average Bonchev–Trinajstić information content (AvgIpc) is 2.41. The van der Waals surface area contributed by atoms with E-state index in [4.69, 9.17) is 5.11 Å². The first-order valence-electron chi connectivity index (χ1n) is 5.80. The number of carbonyl (C=O) groups is 1. The topological polar surface area (TPSA) is 71.4 Å². The van der Waals surface area contributed by atoms with Crippen LogP contribution in [0.15, 0.2) is 51.8 Å². The highest BCUT2D eigenvalue weighted by atomic mass is 79.9. The third-order valence-corrected chi connectivity index (χ3v) is 5.47. The zero-order valence-corrected chi connectivity index (χ0v) is 13.0. The van der Waals surface area contributed by atoms with E-state index in [2.05, 4.69) is 15.9 Å². The lowest BCUT2D eigenvalue weighted by Crippen LogP contribution is -2.09. The Balaban J connectivity index is 2.47. The summed E-state index contributed by atoms with van der Waals surface area (Å²) in [6.45, 7) is 0. The number of benzene rings is 2. The number of hydrogen-bond donors (Lipinski definition) is 1. The molecular weight excluding hydrogens is 363 g/mol. The Kier molecular flexibility index (Phi) is 4.43. The molecule has 0 atom stereocenters. The van der Waals surface area contributed by atoms with Crippen LogP contribution in [0.25, 0.3) is 0 Å². The fraction of sp³-hybridized carbons (Fsp3) is 0.0714. The molecule has 0 saturated heterocycles. The fourth-order valence-corrected chi connectivity index (χ4v) is 4.23. The van der Waals surface area contributed by atoms with Crippen LogP contribution < -0.4 is 0 Å². The molecule has 0 bridgehead atoms. The second kappa shape index (κ2) is 5.95. The molecule has 4 nitrogen and oxygen atoms in total. The van der Waals surface area contributed by atoms with Gasteiger partial charge in [0, 0.05) is 10.0 Å². The summed E-state index contributed by atoms with van der Waals surface area (Å²) in [6.07, 6.45) is 0. The first-order valence-corrected chi connectivity index (χ1v) is 8.25. The van der Waals surface area contributed by atoms with Crippen LogP contribution in [0.3, 0.4) is 0 Å². The molecule has 0 amide bonds. The number of carboxylic acid groups (broad SMARTS) is 1. The molecule has 110 valence electrons. The van der Waals surface area contributed by atoms with E-state index in [1.54, 1.807) is 0 Å². The van der Waals surface area contributed by atoms with Gasteiger partial charge in [0.05, 0.1) is 16.2 Å². The zero-order valence-electron chi connectivity index (χ0n) is 10.6. The van der Waals surface area contributed by atoms with Crippen molar-refractivity contribution in [1.29, 1.82) is 0 Å². The number of rotatable bonds is 4. The summed E-state index contributed by atoms with van der Waals surface area (Å²) in [4.78, 5) is 10.8. The van der Waals surface area contributed by atoms with Crippen LogP contribution in [0.1, 0.15) is 15.9 Å². The quantitative estimate of drug-likeness (QED) is 0.893. The Morgan fingerprint density at radius 2 is 1.86 bits per heavy atom. The van der Waals surface area contributed by atoms with Crippen LogP contribution in [0, 0.1) is 5.82 Å². The molecule has 2 aromatic carbocycles. The van der Waals surface area contributed by atoms with Crippen LogP contribution in [0.4, 0.5) is 4.39 Å². The third-order valence-electron chi connectivity index (χ3n) is 2.82. The van der Waals surface area contributed by atoms with E-state index >= 15 is 0 Å². The molecule has 2 rings (SSSR count). The van der Waals surface area contributed by atoms with Crippen LogP contribution in [-0.2, 0) is 15.6 Å². The lowest BCUT2D eigenvalue weighted by atomic mass is 10.2. The highest BCUT2D eigenvalue weighted by Gasteiger charge is 2.21. The summed E-state index contributed by atoms with van der Waals surface area (Å²) in [5.41, 5.74) is -0.115. The predicted molar refractivity (Wildman–Crippen MR) is 78.4 cm³/mol. The van der Waals surface area contributed by atoms with Gasteiger partial charge in [-0.1, -0.05) is 18.2 Å². The highest BCUT2D eigenvalue weighted by Crippen LogP contribution is 2.27. The van der Waals surface area contributed by atoms with Crippen molar-refractivity contribution in [3.8, 4) is 0 Å². The molecule has 0 aromatic heterocycles. The first-order chi connectivity index (χ1) is 9.81. The Labute approximate surface area is 129 Å². The minimum atomic E-state index is -3.87. The van der Waals surface area contributed by atoms with Gasteiger partial charge < -0.3 is 5.11 Å². The zero-order chi connectivity index (χ0) is 15.6. The maximum Gasteiger partial charge on any atom is 0.335 e. The van der Waals surface area contributed by atoms with Gasteiger partial charge in [-0.3, -0.25) is 0 Å². The van der Waals surface area contributed by atoms with Crippen molar-refractivity contribution in [1.82, 2.24) is 0 Å². The number of hydrogen-bond acceptors (Lipinski definition) is 3. The van der Waals surface area contributed by atoms with E-state index in [1.807, 2.05) is 0 Å². The summed E-state index contributed by atoms with van der Waals surface area (Å²) in [5, 5.41) is 8.93. The number of sulfone groups is 1. The molecule has 0 unspecified atom stereocenters. The Hall–Kier alpha value is -1.73. The van der Waals surface area contributed by atoms with Gasteiger partial charge in [-0.2, -0.15) is 0 Å². The van der Waals surface area contributed by atoms with E-state index in [0.29, 0.717) is 0 Å². The molecule has 0 fully saturated rings. The lowest BCUT2D eigenvalue weighted by Gasteiger charge is -2.08. The summed E-state index contributed by atoms with van der Waals surface area (Å²) >= 11 is 3.08. The summed E-state index contributed by atoms with van der Waals surface area (Å²) in [6, 6.07) is 9.24. The summed E-state index contributed by atoms with van der Waals surface area (Å²) in [7, 11) is -3.87. The Bertz CT molecular complexity index is 802. The van der Waals surface area contributed by atoms with Crippen molar-refractivity contribution in [2.24, 2.45) is 0 Å². The highest BCUT2D eigenvalue weighted by molar-refractivity contribution is 9.10. The molecule has 0 spiro atoms. The van der Waals surface area contributed by atoms with Crippen molar-refractivity contribution < 1.29 is 22.7 Å². The fourth-order valence-electron chi connectivity index (χ4n) is 1.77. The SMILES string of the molecule is O=C(O)c1ccc(Br)c(S(=O)(=O)Cc2ccccc2F)c1. The van der Waals surface area contributed by atoms with Gasteiger partial charge in [0.2, 0.25) is 0 Å². The van der Waals surface area contributed by atoms with Gasteiger partial charge in [0.25, 0.3) is 0 Å². The van der Waals surface area contributed by atoms with E-state index < -0.39 is 27.4 Å². The third kappa shape index (κ3) is 3.48. The molecule has 0 saturated carbocycles.